The number of methoxy groups -OCH3 is 1. The molecule has 1 amide bonds. The molecule has 0 radical (unpaired) electrons. The van der Waals surface area contributed by atoms with E-state index in [0.717, 1.165) is 6.42 Å². The number of unbranched alkanes of at least 4 members (excludes halogenated alkanes) is 1. The molecule has 0 aliphatic heterocycles. The lowest BCUT2D eigenvalue weighted by atomic mass is 9.97. The van der Waals surface area contributed by atoms with Gasteiger partial charge in [0.15, 0.2) is 5.78 Å². The van der Waals surface area contributed by atoms with Gasteiger partial charge in [-0.05, 0) is 61.4 Å². The highest BCUT2D eigenvalue weighted by Gasteiger charge is 2.24. The van der Waals surface area contributed by atoms with Crippen LogP contribution < -0.4 is 15.6 Å². The number of pyridine rings is 1. The molecule has 9 heteroatoms. The Balaban J connectivity index is 2.04. The largest absolute Gasteiger partial charge is 0.495 e. The molecule has 1 unspecified atom stereocenters. The van der Waals surface area contributed by atoms with Crippen molar-refractivity contribution in [1.29, 1.82) is 0 Å². The Hall–Kier alpha value is -3.91. The van der Waals surface area contributed by atoms with Crippen molar-refractivity contribution >= 4 is 34.9 Å². The Morgan fingerprint density at radius 1 is 1.08 bits per heavy atom. The highest BCUT2D eigenvalue weighted by Crippen LogP contribution is 2.34. The molecule has 0 spiro atoms. The Kier molecular flexibility index (Phi) is 8.66. The van der Waals surface area contributed by atoms with Gasteiger partial charge in [-0.25, -0.2) is 4.79 Å². The van der Waals surface area contributed by atoms with Crippen LogP contribution in [0, 0.1) is 0 Å². The number of amides is 1. The number of ketones is 1. The van der Waals surface area contributed by atoms with Crippen LogP contribution in [0.3, 0.4) is 0 Å². The molecular weight excluding hydrogens is 484 g/mol. The summed E-state index contributed by atoms with van der Waals surface area (Å²) in [7, 11) is 1.44. The fourth-order valence-corrected chi connectivity index (χ4v) is 4.08. The van der Waals surface area contributed by atoms with E-state index in [1.54, 1.807) is 18.2 Å². The number of nitrogens with zero attached hydrogens (tertiary/aromatic N) is 1. The van der Waals surface area contributed by atoms with E-state index in [4.69, 9.17) is 21.4 Å². The van der Waals surface area contributed by atoms with Crippen molar-refractivity contribution in [3.63, 3.8) is 0 Å². The van der Waals surface area contributed by atoms with Crippen LogP contribution in [0.25, 0.3) is 11.1 Å². The van der Waals surface area contributed by atoms with Gasteiger partial charge >= 0.3 is 5.97 Å². The van der Waals surface area contributed by atoms with Crippen molar-refractivity contribution in [2.75, 3.05) is 12.4 Å². The molecular formula is C27H27ClN2O6. The fourth-order valence-electron chi connectivity index (χ4n) is 3.91. The van der Waals surface area contributed by atoms with Gasteiger partial charge < -0.3 is 15.2 Å². The summed E-state index contributed by atoms with van der Waals surface area (Å²) in [6.45, 7) is 3.41. The number of benzene rings is 2. The standard InChI is InChI=1S/C27H27ClN2O6/c1-4-5-6-23(26(33)29-19-10-7-17(8-11-19)27(34)35)30-15-24(36-3)22(14-25(30)32)21-13-18(28)9-12-20(21)16(2)31/h7-15,23H,4-6H2,1-3H3,(H,29,33)(H,34,35). The first kappa shape index (κ1) is 26.7. The second kappa shape index (κ2) is 11.7. The van der Waals surface area contributed by atoms with Crippen LogP contribution in [0.2, 0.25) is 5.02 Å². The summed E-state index contributed by atoms with van der Waals surface area (Å²) < 4.78 is 6.87. The first-order valence-electron chi connectivity index (χ1n) is 11.4. The molecule has 36 heavy (non-hydrogen) atoms. The monoisotopic (exact) mass is 510 g/mol. The van der Waals surface area contributed by atoms with Crippen LogP contribution >= 0.6 is 11.6 Å². The SMILES string of the molecule is CCCCC(C(=O)Nc1ccc(C(=O)O)cc1)n1cc(OC)c(-c2cc(Cl)ccc2C(C)=O)cc1=O. The summed E-state index contributed by atoms with van der Waals surface area (Å²) in [6.07, 6.45) is 3.37. The molecule has 0 aliphatic rings. The number of aromatic carboxylic acids is 1. The summed E-state index contributed by atoms with van der Waals surface area (Å²) in [6, 6.07) is 11.1. The lowest BCUT2D eigenvalue weighted by Gasteiger charge is -2.21. The first-order chi connectivity index (χ1) is 17.2. The second-order valence-corrected chi connectivity index (χ2v) is 8.71. The maximum absolute atomic E-state index is 13.3. The number of nitrogens with one attached hydrogen (secondary N) is 1. The van der Waals surface area contributed by atoms with E-state index in [2.05, 4.69) is 5.32 Å². The zero-order valence-corrected chi connectivity index (χ0v) is 21.0. The molecule has 8 nitrogen and oxygen atoms in total. The molecule has 0 saturated heterocycles. The Morgan fingerprint density at radius 3 is 2.36 bits per heavy atom. The molecule has 0 bridgehead atoms. The zero-order chi connectivity index (χ0) is 26.4. The maximum atomic E-state index is 13.3. The number of hydrogen-bond acceptors (Lipinski definition) is 5. The molecule has 1 aromatic heterocycles. The minimum absolute atomic E-state index is 0.0954. The second-order valence-electron chi connectivity index (χ2n) is 8.28. The van der Waals surface area contributed by atoms with Crippen molar-refractivity contribution in [3.05, 3.63) is 81.2 Å². The molecule has 0 fully saturated rings. The number of carbonyl (C=O) groups is 3. The normalized spacial score (nSPS) is 11.6. The van der Waals surface area contributed by atoms with Crippen LogP contribution in [0.5, 0.6) is 5.75 Å². The smallest absolute Gasteiger partial charge is 0.335 e. The Morgan fingerprint density at radius 2 is 1.78 bits per heavy atom. The number of carboxylic acids is 1. The van der Waals surface area contributed by atoms with E-state index in [9.17, 15) is 19.2 Å². The number of halogens is 1. The van der Waals surface area contributed by atoms with Gasteiger partial charge in [-0.2, -0.15) is 0 Å². The lowest BCUT2D eigenvalue weighted by Crippen LogP contribution is -2.33. The van der Waals surface area contributed by atoms with Gasteiger partial charge in [-0.15, -0.1) is 0 Å². The Labute approximate surface area is 213 Å². The third-order valence-corrected chi connectivity index (χ3v) is 6.02. The number of carbonyl (C=O) groups excluding carboxylic acids is 2. The van der Waals surface area contributed by atoms with E-state index in [-0.39, 0.29) is 11.3 Å². The van der Waals surface area contributed by atoms with Gasteiger partial charge in [-0.3, -0.25) is 19.0 Å². The van der Waals surface area contributed by atoms with Crippen molar-refractivity contribution in [2.45, 2.75) is 39.2 Å². The van der Waals surface area contributed by atoms with Gasteiger partial charge in [0, 0.05) is 27.9 Å². The van der Waals surface area contributed by atoms with E-state index in [0.29, 0.717) is 46.0 Å². The molecule has 1 atom stereocenters. The van der Waals surface area contributed by atoms with Crippen LogP contribution in [-0.4, -0.2) is 34.4 Å². The maximum Gasteiger partial charge on any atom is 0.335 e. The summed E-state index contributed by atoms with van der Waals surface area (Å²) in [5.74, 6) is -1.38. The summed E-state index contributed by atoms with van der Waals surface area (Å²) in [4.78, 5) is 49.8. The molecule has 3 rings (SSSR count). The number of aromatic nitrogens is 1. The number of ether oxygens (including phenoxy) is 1. The van der Waals surface area contributed by atoms with Gasteiger partial charge in [-0.1, -0.05) is 31.4 Å². The minimum atomic E-state index is -1.07. The topological polar surface area (TPSA) is 115 Å². The van der Waals surface area contributed by atoms with Crippen LogP contribution in [-0.2, 0) is 4.79 Å². The van der Waals surface area contributed by atoms with Crippen molar-refractivity contribution in [1.82, 2.24) is 4.57 Å². The van der Waals surface area contributed by atoms with E-state index in [1.165, 1.54) is 55.1 Å². The number of carboxylic acid groups (broad SMARTS) is 1. The predicted octanol–water partition coefficient (Wildman–Crippen LogP) is 5.45. The molecule has 1 heterocycles. The summed E-state index contributed by atoms with van der Waals surface area (Å²) in [5, 5.41) is 12.2. The number of Topliss-reactive ketones (excluding diaryl/α,β-unsaturated/α-hetero) is 1. The summed E-state index contributed by atoms with van der Waals surface area (Å²) >= 11 is 6.17. The van der Waals surface area contributed by atoms with Gasteiger partial charge in [0.25, 0.3) is 5.56 Å². The molecule has 3 aromatic rings. The summed E-state index contributed by atoms with van der Waals surface area (Å²) in [5.41, 5.74) is 1.30. The number of rotatable bonds is 10. The van der Waals surface area contributed by atoms with Crippen molar-refractivity contribution in [3.8, 4) is 16.9 Å². The van der Waals surface area contributed by atoms with E-state index >= 15 is 0 Å². The molecule has 0 saturated carbocycles. The third kappa shape index (κ3) is 6.01. The zero-order valence-electron chi connectivity index (χ0n) is 20.2. The van der Waals surface area contributed by atoms with E-state index < -0.39 is 23.5 Å². The quantitative estimate of drug-likeness (QED) is 0.350. The van der Waals surface area contributed by atoms with Gasteiger partial charge in [0.2, 0.25) is 5.91 Å². The van der Waals surface area contributed by atoms with Gasteiger partial charge in [0.1, 0.15) is 11.8 Å². The number of hydrogen-bond donors (Lipinski definition) is 2. The minimum Gasteiger partial charge on any atom is -0.495 e. The van der Waals surface area contributed by atoms with Crippen LogP contribution in [0.4, 0.5) is 5.69 Å². The molecule has 188 valence electrons. The average molecular weight is 511 g/mol. The fraction of sp³-hybridized carbons (Fsp3) is 0.259. The first-order valence-corrected chi connectivity index (χ1v) is 11.8. The number of anilines is 1. The third-order valence-electron chi connectivity index (χ3n) is 5.78. The average Bonchev–Trinajstić information content (AvgIpc) is 2.84. The highest BCUT2D eigenvalue weighted by atomic mass is 35.5. The van der Waals surface area contributed by atoms with Crippen LogP contribution in [0.1, 0.15) is 59.9 Å². The van der Waals surface area contributed by atoms with E-state index in [1.807, 2.05) is 6.92 Å². The molecule has 2 aromatic carbocycles. The predicted molar refractivity (Wildman–Crippen MR) is 138 cm³/mol. The van der Waals surface area contributed by atoms with Gasteiger partial charge in [0.05, 0.1) is 18.9 Å². The van der Waals surface area contributed by atoms with Crippen LogP contribution in [0.15, 0.2) is 59.5 Å². The highest BCUT2D eigenvalue weighted by molar-refractivity contribution is 6.31. The molecule has 2 N–H and O–H groups in total. The Bertz CT molecular complexity index is 1350. The van der Waals surface area contributed by atoms with Crippen molar-refractivity contribution in [2.24, 2.45) is 0 Å². The van der Waals surface area contributed by atoms with Crippen molar-refractivity contribution < 1.29 is 24.2 Å². The lowest BCUT2D eigenvalue weighted by molar-refractivity contribution is -0.119. The molecule has 0 aliphatic carbocycles.